The average molecular weight is 406 g/mol. The summed E-state index contributed by atoms with van der Waals surface area (Å²) in [6.45, 7) is 4.37. The lowest BCUT2D eigenvalue weighted by Gasteiger charge is -2.08. The predicted octanol–water partition coefficient (Wildman–Crippen LogP) is 3.53. The lowest BCUT2D eigenvalue weighted by Crippen LogP contribution is -2.26. The summed E-state index contributed by atoms with van der Waals surface area (Å²) < 4.78 is 3.17. The summed E-state index contributed by atoms with van der Waals surface area (Å²) in [5, 5.41) is 3.35. The van der Waals surface area contributed by atoms with E-state index in [-0.39, 0.29) is 5.56 Å². The second-order valence-corrected chi connectivity index (χ2v) is 7.34. The third-order valence-corrected chi connectivity index (χ3v) is 4.64. The fourth-order valence-electron chi connectivity index (χ4n) is 1.72. The molecule has 0 fully saturated rings. The summed E-state index contributed by atoms with van der Waals surface area (Å²) in [6, 6.07) is 6.02. The first-order valence-electron chi connectivity index (χ1n) is 5.88. The number of hydrogen-bond donors (Lipinski definition) is 1. The van der Waals surface area contributed by atoms with Gasteiger partial charge in [0.05, 0.1) is 4.47 Å². The molecule has 0 bridgehead atoms. The van der Waals surface area contributed by atoms with Gasteiger partial charge in [-0.1, -0.05) is 0 Å². The largest absolute Gasteiger partial charge is 0.312 e. The monoisotopic (exact) mass is 404 g/mol. The van der Waals surface area contributed by atoms with E-state index in [1.807, 2.05) is 6.20 Å². The number of aromatic nitrogens is 1. The molecule has 0 radical (unpaired) electrons. The molecule has 0 aliphatic heterocycles. The second-order valence-electron chi connectivity index (χ2n) is 4.19. The molecule has 1 N–H and O–H groups in total. The van der Waals surface area contributed by atoms with Crippen LogP contribution >= 0.6 is 43.2 Å². The molecule has 0 saturated carbocycles. The van der Waals surface area contributed by atoms with E-state index in [9.17, 15) is 4.79 Å². The first-order valence-corrected chi connectivity index (χ1v) is 8.28. The number of nitrogens with zero attached hydrogens (tertiary/aromatic N) is 1. The molecule has 0 saturated heterocycles. The van der Waals surface area contributed by atoms with Gasteiger partial charge in [0.1, 0.15) is 0 Å². The molecule has 2 rings (SSSR count). The highest BCUT2D eigenvalue weighted by Crippen LogP contribution is 2.14. The van der Waals surface area contributed by atoms with Crippen LogP contribution in [0.25, 0.3) is 0 Å². The maximum Gasteiger partial charge on any atom is 0.264 e. The summed E-state index contributed by atoms with van der Waals surface area (Å²) in [4.78, 5) is 14.5. The summed E-state index contributed by atoms with van der Waals surface area (Å²) >= 11 is 8.45. The lowest BCUT2D eigenvalue weighted by atomic mass is 10.4. The minimum Gasteiger partial charge on any atom is -0.312 e. The van der Waals surface area contributed by atoms with Crippen molar-refractivity contribution in [3.05, 3.63) is 53.4 Å². The van der Waals surface area contributed by atoms with Gasteiger partial charge in [-0.3, -0.25) is 4.79 Å². The topological polar surface area (TPSA) is 34.0 Å². The van der Waals surface area contributed by atoms with Gasteiger partial charge >= 0.3 is 0 Å². The van der Waals surface area contributed by atoms with Crippen LogP contribution in [0.5, 0.6) is 0 Å². The van der Waals surface area contributed by atoms with Crippen LogP contribution in [-0.2, 0) is 13.1 Å². The Bertz CT molecular complexity index is 621. The maximum absolute atomic E-state index is 11.9. The van der Waals surface area contributed by atoms with Crippen molar-refractivity contribution in [3.63, 3.8) is 0 Å². The van der Waals surface area contributed by atoms with Crippen LogP contribution in [0.15, 0.2) is 38.1 Å². The molecule has 2 aromatic heterocycles. The van der Waals surface area contributed by atoms with E-state index in [1.165, 1.54) is 9.75 Å². The molecule has 3 nitrogen and oxygen atoms in total. The molecule has 0 aliphatic carbocycles. The van der Waals surface area contributed by atoms with E-state index in [0.29, 0.717) is 11.0 Å². The van der Waals surface area contributed by atoms with Gasteiger partial charge in [0, 0.05) is 40.1 Å². The van der Waals surface area contributed by atoms with Crippen LogP contribution in [0, 0.1) is 6.92 Å². The zero-order valence-corrected chi connectivity index (χ0v) is 14.4. The molecule has 6 heteroatoms. The molecular formula is C13H14Br2N2OS. The first-order chi connectivity index (χ1) is 9.06. The van der Waals surface area contributed by atoms with E-state index >= 15 is 0 Å². The van der Waals surface area contributed by atoms with Crippen LogP contribution in [-0.4, -0.2) is 11.1 Å². The van der Waals surface area contributed by atoms with Gasteiger partial charge in [0.25, 0.3) is 5.56 Å². The highest BCUT2D eigenvalue weighted by atomic mass is 79.9. The molecule has 19 heavy (non-hydrogen) atoms. The SMILES string of the molecule is Cc1ccc(CNCCn2cc(Br)cc(Br)c2=O)s1. The van der Waals surface area contributed by atoms with Crippen molar-refractivity contribution in [2.24, 2.45) is 0 Å². The summed E-state index contributed by atoms with van der Waals surface area (Å²) in [5.74, 6) is 0. The van der Waals surface area contributed by atoms with Gasteiger partial charge in [0.2, 0.25) is 0 Å². The third-order valence-electron chi connectivity index (χ3n) is 2.63. The normalized spacial score (nSPS) is 10.9. The van der Waals surface area contributed by atoms with Crippen LogP contribution in [0.2, 0.25) is 0 Å². The Morgan fingerprint density at radius 1 is 1.37 bits per heavy atom. The van der Waals surface area contributed by atoms with Crippen molar-refractivity contribution in [3.8, 4) is 0 Å². The van der Waals surface area contributed by atoms with Gasteiger partial charge in [0.15, 0.2) is 0 Å². The lowest BCUT2D eigenvalue weighted by molar-refractivity contribution is 0.585. The van der Waals surface area contributed by atoms with E-state index in [0.717, 1.165) is 17.6 Å². The average Bonchev–Trinajstić information content (AvgIpc) is 2.76. The maximum atomic E-state index is 11.9. The molecule has 2 heterocycles. The number of halogens is 2. The van der Waals surface area contributed by atoms with Crippen LogP contribution < -0.4 is 10.9 Å². The fraction of sp³-hybridized carbons (Fsp3) is 0.308. The van der Waals surface area contributed by atoms with E-state index in [1.54, 1.807) is 22.0 Å². The third kappa shape index (κ3) is 4.27. The smallest absolute Gasteiger partial charge is 0.264 e. The minimum atomic E-state index is -0.00281. The van der Waals surface area contributed by atoms with E-state index in [4.69, 9.17) is 0 Å². The van der Waals surface area contributed by atoms with Crippen molar-refractivity contribution >= 4 is 43.2 Å². The van der Waals surface area contributed by atoms with Gasteiger partial charge in [-0.25, -0.2) is 0 Å². The van der Waals surface area contributed by atoms with Crippen molar-refractivity contribution < 1.29 is 0 Å². The molecule has 2 aromatic rings. The quantitative estimate of drug-likeness (QED) is 0.772. The molecule has 0 amide bonds. The standard InChI is InChI=1S/C13H14Br2N2OS/c1-9-2-3-11(19-9)7-16-4-5-17-8-10(14)6-12(15)13(17)18/h2-3,6,8,16H,4-5,7H2,1H3. The number of thiophene rings is 1. The van der Waals surface area contributed by atoms with Gasteiger partial charge in [-0.15, -0.1) is 11.3 Å². The number of rotatable bonds is 5. The Hall–Kier alpha value is -0.430. The molecule has 0 atom stereocenters. The zero-order chi connectivity index (χ0) is 13.8. The van der Waals surface area contributed by atoms with Crippen LogP contribution in [0.3, 0.4) is 0 Å². The second kappa shape index (κ2) is 6.83. The van der Waals surface area contributed by atoms with Gasteiger partial charge in [-0.05, 0) is 57.0 Å². The number of nitrogens with one attached hydrogen (secondary N) is 1. The van der Waals surface area contributed by atoms with Gasteiger partial charge < -0.3 is 9.88 Å². The molecule has 102 valence electrons. The Labute approximate surface area is 132 Å². The number of pyridine rings is 1. The predicted molar refractivity (Wildman–Crippen MR) is 86.9 cm³/mol. The van der Waals surface area contributed by atoms with E-state index < -0.39 is 0 Å². The molecule has 0 aliphatic rings. The number of hydrogen-bond acceptors (Lipinski definition) is 3. The molecule has 0 spiro atoms. The molecule has 0 aromatic carbocycles. The molecule has 0 unspecified atom stereocenters. The highest BCUT2D eigenvalue weighted by molar-refractivity contribution is 9.11. The van der Waals surface area contributed by atoms with Crippen molar-refractivity contribution in [2.75, 3.05) is 6.54 Å². The summed E-state index contributed by atoms with van der Waals surface area (Å²) in [5.41, 5.74) is -0.00281. The van der Waals surface area contributed by atoms with Crippen molar-refractivity contribution in [1.82, 2.24) is 9.88 Å². The van der Waals surface area contributed by atoms with Crippen molar-refractivity contribution in [2.45, 2.75) is 20.0 Å². The Balaban J connectivity index is 1.88. The Kier molecular flexibility index (Phi) is 5.38. The van der Waals surface area contributed by atoms with Crippen LogP contribution in [0.1, 0.15) is 9.75 Å². The zero-order valence-electron chi connectivity index (χ0n) is 10.5. The summed E-state index contributed by atoms with van der Waals surface area (Å²) in [6.07, 6.45) is 1.81. The first kappa shape index (κ1) is 15.0. The van der Waals surface area contributed by atoms with Crippen molar-refractivity contribution in [1.29, 1.82) is 0 Å². The Morgan fingerprint density at radius 2 is 2.16 bits per heavy atom. The van der Waals surface area contributed by atoms with E-state index in [2.05, 4.69) is 56.2 Å². The molecular weight excluding hydrogens is 392 g/mol. The van der Waals surface area contributed by atoms with Gasteiger partial charge in [-0.2, -0.15) is 0 Å². The Morgan fingerprint density at radius 3 is 2.84 bits per heavy atom. The fourth-order valence-corrected chi connectivity index (χ4v) is 3.84. The summed E-state index contributed by atoms with van der Waals surface area (Å²) in [7, 11) is 0. The van der Waals surface area contributed by atoms with Crippen LogP contribution in [0.4, 0.5) is 0 Å². The highest BCUT2D eigenvalue weighted by Gasteiger charge is 2.03. The number of aryl methyl sites for hydroxylation is 1. The minimum absolute atomic E-state index is 0.00281.